The van der Waals surface area contributed by atoms with Crippen LogP contribution in [0.4, 0.5) is 5.69 Å². The van der Waals surface area contributed by atoms with Gasteiger partial charge in [0.15, 0.2) is 6.04 Å². The molecule has 8 nitrogen and oxygen atoms in total. The molecule has 1 saturated heterocycles. The predicted octanol–water partition coefficient (Wildman–Crippen LogP) is 0.168. The molecule has 1 heterocycles. The number of anilines is 1. The van der Waals surface area contributed by atoms with Gasteiger partial charge in [-0.05, 0) is 45.0 Å². The number of methoxy groups -OCH3 is 1. The molecule has 0 aliphatic carbocycles. The summed E-state index contributed by atoms with van der Waals surface area (Å²) in [6, 6.07) is 5.64. The quantitative estimate of drug-likeness (QED) is 0.554. The van der Waals surface area contributed by atoms with Gasteiger partial charge in [0.1, 0.15) is 0 Å². The van der Waals surface area contributed by atoms with Crippen LogP contribution in [-0.4, -0.2) is 52.6 Å². The zero-order valence-corrected chi connectivity index (χ0v) is 17.6. The number of hydrogen-bond acceptors (Lipinski definition) is 5. The second-order valence-corrected chi connectivity index (χ2v) is 9.18. The maximum absolute atomic E-state index is 12.6. The van der Waals surface area contributed by atoms with E-state index in [1.165, 1.54) is 19.2 Å². The molecular weight excluding hydrogens is 382 g/mol. The highest BCUT2D eigenvalue weighted by Gasteiger charge is 2.33. The highest BCUT2D eigenvalue weighted by molar-refractivity contribution is 7.89. The fraction of sp³-hybridized carbons (Fsp3) is 0.579. The Morgan fingerprint density at radius 1 is 1.11 bits per heavy atom. The van der Waals surface area contributed by atoms with Crippen LogP contribution in [0.2, 0.25) is 0 Å². The largest absolute Gasteiger partial charge is 0.469 e. The van der Waals surface area contributed by atoms with Crippen molar-refractivity contribution in [3.05, 3.63) is 24.3 Å². The van der Waals surface area contributed by atoms with Gasteiger partial charge in [0, 0.05) is 24.6 Å². The number of amides is 1. The number of hydrogen-bond donors (Lipinski definition) is 3. The van der Waals surface area contributed by atoms with E-state index in [1.54, 1.807) is 26.0 Å². The SMILES string of the molecule is COC(=O)C1CC[NH+]([C@H](C)C(=O)Nc2ccc(S(=O)(=O)NC(C)C)cc2)CC1. The molecule has 1 aliphatic rings. The van der Waals surface area contributed by atoms with Crippen molar-refractivity contribution in [2.75, 3.05) is 25.5 Å². The third-order valence-corrected chi connectivity index (χ3v) is 6.67. The van der Waals surface area contributed by atoms with E-state index in [1.807, 2.05) is 6.92 Å². The summed E-state index contributed by atoms with van der Waals surface area (Å²) in [6.45, 7) is 6.82. The molecular formula is C19H30N3O5S+. The summed E-state index contributed by atoms with van der Waals surface area (Å²) in [6.07, 6.45) is 1.41. The lowest BCUT2D eigenvalue weighted by molar-refractivity contribution is -0.919. The lowest BCUT2D eigenvalue weighted by Gasteiger charge is -2.31. The van der Waals surface area contributed by atoms with E-state index in [9.17, 15) is 18.0 Å². The predicted molar refractivity (Wildman–Crippen MR) is 105 cm³/mol. The first-order valence-corrected chi connectivity index (χ1v) is 11.0. The van der Waals surface area contributed by atoms with E-state index in [4.69, 9.17) is 4.74 Å². The molecule has 2 rings (SSSR count). The number of esters is 1. The molecule has 1 fully saturated rings. The number of carbonyl (C=O) groups is 2. The molecule has 0 bridgehead atoms. The van der Waals surface area contributed by atoms with Crippen LogP contribution < -0.4 is 14.9 Å². The van der Waals surface area contributed by atoms with E-state index >= 15 is 0 Å². The Balaban J connectivity index is 1.93. The molecule has 1 aromatic rings. The summed E-state index contributed by atoms with van der Waals surface area (Å²) in [7, 11) is -2.16. The van der Waals surface area contributed by atoms with Gasteiger partial charge < -0.3 is 15.0 Å². The van der Waals surface area contributed by atoms with Crippen LogP contribution in [0.1, 0.15) is 33.6 Å². The van der Waals surface area contributed by atoms with Crippen molar-refractivity contribution in [3.8, 4) is 0 Å². The summed E-state index contributed by atoms with van der Waals surface area (Å²) in [4.78, 5) is 25.5. The molecule has 1 atom stereocenters. The topological polar surface area (TPSA) is 106 Å². The molecule has 28 heavy (non-hydrogen) atoms. The van der Waals surface area contributed by atoms with Crippen molar-refractivity contribution in [3.63, 3.8) is 0 Å². The van der Waals surface area contributed by atoms with E-state index in [0.717, 1.165) is 18.0 Å². The van der Waals surface area contributed by atoms with Crippen LogP contribution in [0, 0.1) is 5.92 Å². The maximum atomic E-state index is 12.6. The summed E-state index contributed by atoms with van der Waals surface area (Å²) in [5, 5.41) is 2.84. The van der Waals surface area contributed by atoms with E-state index < -0.39 is 10.0 Å². The fourth-order valence-corrected chi connectivity index (χ4v) is 4.61. The number of nitrogens with one attached hydrogen (secondary N) is 3. The number of carbonyl (C=O) groups excluding carboxylic acids is 2. The second-order valence-electron chi connectivity index (χ2n) is 7.47. The minimum absolute atomic E-state index is 0.0852. The molecule has 156 valence electrons. The number of sulfonamides is 1. The van der Waals surface area contributed by atoms with Crippen molar-refractivity contribution in [2.45, 2.75) is 50.6 Å². The normalized spacial score (nSPS) is 21.2. The van der Waals surface area contributed by atoms with Gasteiger partial charge in [-0.25, -0.2) is 13.1 Å². The number of rotatable bonds is 7. The minimum atomic E-state index is -3.56. The summed E-state index contributed by atoms with van der Waals surface area (Å²) >= 11 is 0. The highest BCUT2D eigenvalue weighted by atomic mass is 32.2. The summed E-state index contributed by atoms with van der Waals surface area (Å²) in [5.41, 5.74) is 0.546. The minimum Gasteiger partial charge on any atom is -0.469 e. The average molecular weight is 413 g/mol. The average Bonchev–Trinajstić information content (AvgIpc) is 2.66. The van der Waals surface area contributed by atoms with Gasteiger partial charge in [-0.3, -0.25) is 9.59 Å². The van der Waals surface area contributed by atoms with Crippen LogP contribution in [-0.2, 0) is 24.3 Å². The standard InChI is InChI=1S/C19H29N3O5S/c1-13(2)21-28(25,26)17-7-5-16(6-8-17)20-18(23)14(3)22-11-9-15(10-12-22)19(24)27-4/h5-8,13-15,21H,9-12H2,1-4H3,(H,20,23)/p+1/t14-/m1/s1. The number of likely N-dealkylation sites (tertiary alicyclic amines) is 1. The summed E-state index contributed by atoms with van der Waals surface area (Å²) < 4.78 is 31.6. The van der Waals surface area contributed by atoms with Crippen LogP contribution in [0.15, 0.2) is 29.2 Å². The van der Waals surface area contributed by atoms with Crippen LogP contribution in [0.5, 0.6) is 0 Å². The first-order valence-electron chi connectivity index (χ1n) is 9.49. The van der Waals surface area contributed by atoms with Crippen molar-refractivity contribution in [1.82, 2.24) is 4.72 Å². The molecule has 1 amide bonds. The lowest BCUT2D eigenvalue weighted by Crippen LogP contribution is -3.17. The van der Waals surface area contributed by atoms with Gasteiger partial charge in [-0.15, -0.1) is 0 Å². The van der Waals surface area contributed by atoms with E-state index in [-0.39, 0.29) is 34.8 Å². The second kappa shape index (κ2) is 9.49. The number of piperidine rings is 1. The first-order chi connectivity index (χ1) is 13.1. The Bertz CT molecular complexity index is 784. The third-order valence-electron chi connectivity index (χ3n) is 4.99. The van der Waals surface area contributed by atoms with Gasteiger partial charge in [0.2, 0.25) is 10.0 Å². The first kappa shape index (κ1) is 22.3. The zero-order chi connectivity index (χ0) is 20.9. The Hall–Kier alpha value is -1.97. The van der Waals surface area contributed by atoms with Gasteiger partial charge in [0.25, 0.3) is 5.91 Å². The molecule has 0 unspecified atom stereocenters. The number of ether oxygens (including phenoxy) is 1. The van der Waals surface area contributed by atoms with Gasteiger partial charge in [0.05, 0.1) is 31.0 Å². The van der Waals surface area contributed by atoms with Gasteiger partial charge in [-0.2, -0.15) is 0 Å². The number of benzene rings is 1. The Kier molecular flexibility index (Phi) is 7.56. The van der Waals surface area contributed by atoms with Gasteiger partial charge >= 0.3 is 5.97 Å². The molecule has 0 aromatic heterocycles. The van der Waals surface area contributed by atoms with Crippen LogP contribution in [0.25, 0.3) is 0 Å². The lowest BCUT2D eigenvalue weighted by atomic mass is 9.96. The van der Waals surface area contributed by atoms with Crippen LogP contribution in [0.3, 0.4) is 0 Å². The van der Waals surface area contributed by atoms with Crippen molar-refractivity contribution in [2.24, 2.45) is 5.92 Å². The summed E-state index contributed by atoms with van der Waals surface area (Å²) in [5.74, 6) is -0.404. The Morgan fingerprint density at radius 3 is 2.18 bits per heavy atom. The molecule has 0 saturated carbocycles. The maximum Gasteiger partial charge on any atom is 0.309 e. The van der Waals surface area contributed by atoms with E-state index in [0.29, 0.717) is 18.5 Å². The molecule has 9 heteroatoms. The van der Waals surface area contributed by atoms with Crippen molar-refractivity contribution in [1.29, 1.82) is 0 Å². The van der Waals surface area contributed by atoms with Crippen LogP contribution >= 0.6 is 0 Å². The zero-order valence-electron chi connectivity index (χ0n) is 16.8. The smallest absolute Gasteiger partial charge is 0.309 e. The molecule has 1 aliphatic heterocycles. The van der Waals surface area contributed by atoms with Crippen molar-refractivity contribution < 1.29 is 27.6 Å². The molecule has 1 aromatic carbocycles. The van der Waals surface area contributed by atoms with E-state index in [2.05, 4.69) is 10.0 Å². The van der Waals surface area contributed by atoms with Crippen molar-refractivity contribution >= 4 is 27.6 Å². The molecule has 3 N–H and O–H groups in total. The molecule has 0 spiro atoms. The fourth-order valence-electron chi connectivity index (χ4n) is 3.36. The van der Waals surface area contributed by atoms with Gasteiger partial charge in [-0.1, -0.05) is 0 Å². The highest BCUT2D eigenvalue weighted by Crippen LogP contribution is 2.15. The Labute approximate surface area is 166 Å². The monoisotopic (exact) mass is 412 g/mol. The molecule has 0 radical (unpaired) electrons. The third kappa shape index (κ3) is 5.76. The Morgan fingerprint density at radius 2 is 1.68 bits per heavy atom. The number of quaternary nitrogens is 1.